The fourth-order valence-corrected chi connectivity index (χ4v) is 3.78. The summed E-state index contributed by atoms with van der Waals surface area (Å²) in [5, 5.41) is 3.46. The van der Waals surface area contributed by atoms with Crippen LogP contribution in [0.3, 0.4) is 0 Å². The summed E-state index contributed by atoms with van der Waals surface area (Å²) >= 11 is 0. The van der Waals surface area contributed by atoms with Crippen molar-refractivity contribution in [2.45, 2.75) is 32.2 Å². The van der Waals surface area contributed by atoms with Crippen LogP contribution >= 0.6 is 0 Å². The first-order chi connectivity index (χ1) is 9.79. The predicted molar refractivity (Wildman–Crippen MR) is 78.2 cm³/mol. The highest BCUT2D eigenvalue weighted by atomic mass is 16.2. The number of aryl methyl sites for hydroxylation is 1. The lowest BCUT2D eigenvalue weighted by atomic mass is 9.93. The normalized spacial score (nSPS) is 28.6. The van der Waals surface area contributed by atoms with Crippen LogP contribution in [0.1, 0.15) is 25.3 Å². The lowest BCUT2D eigenvalue weighted by Crippen LogP contribution is -2.39. The third kappa shape index (κ3) is 2.57. The Balaban J connectivity index is 1.59. The molecular formula is C16H23N3O. The smallest absolute Gasteiger partial charge is 0.223 e. The number of fused-ring (bicyclic) bond motifs is 1. The minimum absolute atomic E-state index is 0.322. The second-order valence-electron chi connectivity index (χ2n) is 5.96. The van der Waals surface area contributed by atoms with Gasteiger partial charge in [-0.05, 0) is 42.4 Å². The van der Waals surface area contributed by atoms with E-state index in [0.29, 0.717) is 30.2 Å². The van der Waals surface area contributed by atoms with E-state index >= 15 is 0 Å². The zero-order chi connectivity index (χ0) is 13.9. The summed E-state index contributed by atoms with van der Waals surface area (Å²) in [7, 11) is 0. The number of hydrogen-bond acceptors (Lipinski definition) is 3. The van der Waals surface area contributed by atoms with Crippen LogP contribution in [0.25, 0.3) is 0 Å². The molecule has 0 radical (unpaired) electrons. The Hall–Kier alpha value is -1.42. The number of carbonyl (C=O) groups excluding carboxylic acids is 1. The van der Waals surface area contributed by atoms with Crippen molar-refractivity contribution in [3.05, 3.63) is 30.1 Å². The van der Waals surface area contributed by atoms with Gasteiger partial charge in [0, 0.05) is 44.5 Å². The topological polar surface area (TPSA) is 45.2 Å². The first-order valence-corrected chi connectivity index (χ1v) is 7.68. The van der Waals surface area contributed by atoms with Gasteiger partial charge in [0.1, 0.15) is 0 Å². The van der Waals surface area contributed by atoms with Gasteiger partial charge >= 0.3 is 0 Å². The van der Waals surface area contributed by atoms with Gasteiger partial charge < -0.3 is 10.2 Å². The number of amides is 1. The number of nitrogens with one attached hydrogen (secondary N) is 1. The first kappa shape index (κ1) is 13.6. The Bertz CT molecular complexity index is 462. The van der Waals surface area contributed by atoms with Crippen LogP contribution in [0.2, 0.25) is 0 Å². The average molecular weight is 273 g/mol. The van der Waals surface area contributed by atoms with Crippen molar-refractivity contribution in [1.29, 1.82) is 0 Å². The summed E-state index contributed by atoms with van der Waals surface area (Å²) < 4.78 is 0. The molecule has 3 rings (SSSR count). The number of pyridine rings is 1. The van der Waals surface area contributed by atoms with Gasteiger partial charge in [0.15, 0.2) is 0 Å². The lowest BCUT2D eigenvalue weighted by molar-refractivity contribution is -0.132. The van der Waals surface area contributed by atoms with E-state index in [4.69, 9.17) is 0 Å². The molecular weight excluding hydrogens is 250 g/mol. The Morgan fingerprint density at radius 2 is 2.20 bits per heavy atom. The molecule has 0 aliphatic carbocycles. The average Bonchev–Trinajstić information content (AvgIpc) is 3.06. The van der Waals surface area contributed by atoms with E-state index in [0.717, 1.165) is 32.5 Å². The molecule has 3 atom stereocenters. The van der Waals surface area contributed by atoms with Gasteiger partial charge in [-0.15, -0.1) is 0 Å². The van der Waals surface area contributed by atoms with Gasteiger partial charge in [-0.3, -0.25) is 9.78 Å². The molecule has 4 heteroatoms. The van der Waals surface area contributed by atoms with Gasteiger partial charge in [0.25, 0.3) is 0 Å². The maximum atomic E-state index is 12.5. The molecule has 3 unspecified atom stereocenters. The lowest BCUT2D eigenvalue weighted by Gasteiger charge is -2.27. The number of aromatic nitrogens is 1. The molecule has 2 aliphatic heterocycles. The summed E-state index contributed by atoms with van der Waals surface area (Å²) in [6.45, 7) is 5.31. The highest BCUT2D eigenvalue weighted by Crippen LogP contribution is 2.34. The molecule has 2 saturated heterocycles. The molecule has 2 aliphatic rings. The Morgan fingerprint density at radius 1 is 1.40 bits per heavy atom. The maximum Gasteiger partial charge on any atom is 0.223 e. The van der Waals surface area contributed by atoms with Crippen molar-refractivity contribution in [3.63, 3.8) is 0 Å². The highest BCUT2D eigenvalue weighted by Gasteiger charge is 2.44. The summed E-state index contributed by atoms with van der Waals surface area (Å²) in [5.74, 6) is 1.66. The van der Waals surface area contributed by atoms with Crippen molar-refractivity contribution in [3.8, 4) is 0 Å². The fourth-order valence-electron chi connectivity index (χ4n) is 3.78. The minimum Gasteiger partial charge on any atom is -0.339 e. The highest BCUT2D eigenvalue weighted by molar-refractivity contribution is 5.77. The number of nitrogens with zero attached hydrogens (tertiary/aromatic N) is 2. The quantitative estimate of drug-likeness (QED) is 0.903. The molecule has 2 fully saturated rings. The molecule has 108 valence electrons. The van der Waals surface area contributed by atoms with Crippen molar-refractivity contribution < 1.29 is 4.79 Å². The second kappa shape index (κ2) is 5.92. The van der Waals surface area contributed by atoms with Gasteiger partial charge in [-0.25, -0.2) is 0 Å². The van der Waals surface area contributed by atoms with Gasteiger partial charge in [-0.2, -0.15) is 0 Å². The largest absolute Gasteiger partial charge is 0.339 e. The van der Waals surface area contributed by atoms with Crippen LogP contribution < -0.4 is 5.32 Å². The number of rotatable bonds is 4. The maximum absolute atomic E-state index is 12.5. The van der Waals surface area contributed by atoms with Crippen LogP contribution in [-0.2, 0) is 11.2 Å². The van der Waals surface area contributed by atoms with Crippen molar-refractivity contribution in [1.82, 2.24) is 15.2 Å². The van der Waals surface area contributed by atoms with Crippen LogP contribution in [-0.4, -0.2) is 41.5 Å². The zero-order valence-corrected chi connectivity index (χ0v) is 12.1. The zero-order valence-electron chi connectivity index (χ0n) is 12.1. The first-order valence-electron chi connectivity index (χ1n) is 7.68. The molecule has 1 N–H and O–H groups in total. The predicted octanol–water partition coefficient (Wildman–Crippen LogP) is 1.47. The minimum atomic E-state index is 0.322. The molecule has 0 bridgehead atoms. The van der Waals surface area contributed by atoms with E-state index in [-0.39, 0.29) is 0 Å². The van der Waals surface area contributed by atoms with Crippen LogP contribution in [0.5, 0.6) is 0 Å². The van der Waals surface area contributed by atoms with E-state index in [2.05, 4.69) is 22.1 Å². The Morgan fingerprint density at radius 3 is 2.95 bits per heavy atom. The summed E-state index contributed by atoms with van der Waals surface area (Å²) in [6.07, 6.45) is 6.10. The number of likely N-dealkylation sites (tertiary alicyclic amines) is 1. The Labute approximate surface area is 120 Å². The monoisotopic (exact) mass is 273 g/mol. The standard InChI is InChI=1S/C16H23N3O/c1-2-15-14-10-18-9-13(14)11-19(15)16(20)4-3-12-5-7-17-8-6-12/h5-8,13-15,18H,2-4,9-11H2,1H3. The molecule has 4 nitrogen and oxygen atoms in total. The van der Waals surface area contributed by atoms with Crippen molar-refractivity contribution in [2.75, 3.05) is 19.6 Å². The molecule has 1 amide bonds. The van der Waals surface area contributed by atoms with Crippen molar-refractivity contribution in [2.24, 2.45) is 11.8 Å². The van der Waals surface area contributed by atoms with Gasteiger partial charge in [-0.1, -0.05) is 6.92 Å². The number of hydrogen-bond donors (Lipinski definition) is 1. The van der Waals surface area contributed by atoms with E-state index in [1.54, 1.807) is 12.4 Å². The van der Waals surface area contributed by atoms with Gasteiger partial charge in [0.05, 0.1) is 0 Å². The van der Waals surface area contributed by atoms with E-state index in [1.165, 1.54) is 5.56 Å². The van der Waals surface area contributed by atoms with E-state index in [1.807, 2.05) is 12.1 Å². The molecule has 1 aromatic rings. The molecule has 1 aromatic heterocycles. The Kier molecular flexibility index (Phi) is 4.01. The van der Waals surface area contributed by atoms with Crippen LogP contribution in [0.4, 0.5) is 0 Å². The number of carbonyl (C=O) groups is 1. The van der Waals surface area contributed by atoms with E-state index < -0.39 is 0 Å². The second-order valence-corrected chi connectivity index (χ2v) is 5.96. The summed E-state index contributed by atoms with van der Waals surface area (Å²) in [4.78, 5) is 18.7. The molecule has 3 heterocycles. The molecule has 20 heavy (non-hydrogen) atoms. The van der Waals surface area contributed by atoms with Crippen molar-refractivity contribution >= 4 is 5.91 Å². The molecule has 0 saturated carbocycles. The summed E-state index contributed by atoms with van der Waals surface area (Å²) in [5.41, 5.74) is 1.20. The third-order valence-corrected chi connectivity index (χ3v) is 4.83. The third-order valence-electron chi connectivity index (χ3n) is 4.83. The van der Waals surface area contributed by atoms with Crippen LogP contribution in [0, 0.1) is 11.8 Å². The van der Waals surface area contributed by atoms with Crippen LogP contribution in [0.15, 0.2) is 24.5 Å². The molecule has 0 aromatic carbocycles. The fraction of sp³-hybridized carbons (Fsp3) is 0.625. The summed E-state index contributed by atoms with van der Waals surface area (Å²) in [6, 6.07) is 4.43. The SMILES string of the molecule is CCC1C2CNCC2CN1C(=O)CCc1ccncc1. The van der Waals surface area contributed by atoms with E-state index in [9.17, 15) is 4.79 Å². The molecule has 0 spiro atoms. The van der Waals surface area contributed by atoms with Gasteiger partial charge in [0.2, 0.25) is 5.91 Å².